The smallest absolute Gasteiger partial charge is 0.187 e. The molecule has 0 aliphatic carbocycles. The Kier molecular flexibility index (Phi) is 9.54. The van der Waals surface area contributed by atoms with Crippen molar-refractivity contribution in [1.29, 1.82) is 0 Å². The summed E-state index contributed by atoms with van der Waals surface area (Å²) in [7, 11) is 0. The standard InChI is InChI=1S/C18H32O16/c19-1-4-7(22)9(24)11(26)17(31-4)33-14-6(3-21)32-18(12(27)10(14)25)34-15-8(23)5(2-20)30-16(29)13(15)28/h4-29H,1-3H2/t4-,5-,6-,7+,8+,9+,10-,11-,12-,13-,14+,15+,16?,17-,18+/m1/s1. The van der Waals surface area contributed by atoms with Crippen molar-refractivity contribution in [1.82, 2.24) is 0 Å². The van der Waals surface area contributed by atoms with Crippen molar-refractivity contribution in [3.8, 4) is 0 Å². The van der Waals surface area contributed by atoms with Crippen molar-refractivity contribution in [2.45, 2.75) is 92.1 Å². The van der Waals surface area contributed by atoms with Crippen LogP contribution in [0.5, 0.6) is 0 Å². The first kappa shape index (κ1) is 27.9. The molecule has 3 aliphatic rings. The van der Waals surface area contributed by atoms with Crippen LogP contribution in [0.2, 0.25) is 0 Å². The minimum absolute atomic E-state index is 0.740. The first-order valence-electron chi connectivity index (χ1n) is 10.6. The molecule has 15 atom stereocenters. The highest BCUT2D eigenvalue weighted by atomic mass is 16.7. The molecule has 200 valence electrons. The van der Waals surface area contributed by atoms with Crippen LogP contribution in [-0.4, -0.2) is 168 Å². The SMILES string of the molecule is OC[C@H]1O[C@H](O[C@@H]2[C@H](O)[C@@H](O)[C@H](O[C@H]3[C@@H](O)[C@@H](CO)OC(O)[C@@H]3O)O[C@@H]2CO)[C@H](O)[C@@H](O)[C@H]1O. The lowest BCUT2D eigenvalue weighted by atomic mass is 9.96. The van der Waals surface area contributed by atoms with Gasteiger partial charge in [0.2, 0.25) is 0 Å². The topological polar surface area (TPSA) is 269 Å². The normalized spacial score (nSPS) is 52.5. The summed E-state index contributed by atoms with van der Waals surface area (Å²) in [6.07, 6.45) is -25.3. The molecule has 0 aromatic heterocycles. The van der Waals surface area contributed by atoms with E-state index in [0.717, 1.165) is 0 Å². The third kappa shape index (κ3) is 5.37. The van der Waals surface area contributed by atoms with Crippen LogP contribution < -0.4 is 0 Å². The van der Waals surface area contributed by atoms with E-state index < -0.39 is 112 Å². The predicted molar refractivity (Wildman–Crippen MR) is 101 cm³/mol. The van der Waals surface area contributed by atoms with Crippen LogP contribution in [0.1, 0.15) is 0 Å². The van der Waals surface area contributed by atoms with E-state index in [2.05, 4.69) is 0 Å². The molecule has 34 heavy (non-hydrogen) atoms. The molecule has 0 amide bonds. The van der Waals surface area contributed by atoms with Crippen molar-refractivity contribution < 1.29 is 79.9 Å². The van der Waals surface area contributed by atoms with Gasteiger partial charge in [-0.2, -0.15) is 0 Å². The fourth-order valence-electron chi connectivity index (χ4n) is 4.05. The molecule has 3 rings (SSSR count). The summed E-state index contributed by atoms with van der Waals surface area (Å²) in [5, 5.41) is 109. The maximum atomic E-state index is 10.6. The molecular weight excluding hydrogens is 472 g/mol. The van der Waals surface area contributed by atoms with Crippen molar-refractivity contribution in [2.75, 3.05) is 19.8 Å². The number of hydrogen-bond acceptors (Lipinski definition) is 16. The quantitative estimate of drug-likeness (QED) is 0.154. The van der Waals surface area contributed by atoms with Crippen molar-refractivity contribution in [2.24, 2.45) is 0 Å². The molecule has 3 heterocycles. The molecule has 0 bridgehead atoms. The molecule has 3 aliphatic heterocycles. The Morgan fingerprint density at radius 1 is 0.441 bits per heavy atom. The van der Waals surface area contributed by atoms with Gasteiger partial charge >= 0.3 is 0 Å². The van der Waals surface area contributed by atoms with Crippen LogP contribution in [0, 0.1) is 0 Å². The molecule has 16 nitrogen and oxygen atoms in total. The largest absolute Gasteiger partial charge is 0.394 e. The second-order valence-corrected chi connectivity index (χ2v) is 8.33. The molecule has 16 heteroatoms. The van der Waals surface area contributed by atoms with Gasteiger partial charge in [0.1, 0.15) is 73.2 Å². The molecule has 11 N–H and O–H groups in total. The molecule has 1 unspecified atom stereocenters. The first-order valence-corrected chi connectivity index (χ1v) is 10.6. The third-order valence-corrected chi connectivity index (χ3v) is 6.09. The van der Waals surface area contributed by atoms with E-state index in [9.17, 15) is 56.2 Å². The fraction of sp³-hybridized carbons (Fsp3) is 1.00. The van der Waals surface area contributed by atoms with Crippen LogP contribution in [0.15, 0.2) is 0 Å². The average Bonchev–Trinajstić information content (AvgIpc) is 2.83. The lowest BCUT2D eigenvalue weighted by Crippen LogP contribution is -2.66. The van der Waals surface area contributed by atoms with Crippen LogP contribution in [0.3, 0.4) is 0 Å². The summed E-state index contributed by atoms with van der Waals surface area (Å²) in [5.74, 6) is 0. The Hall–Kier alpha value is -0.640. The van der Waals surface area contributed by atoms with Crippen molar-refractivity contribution in [3.63, 3.8) is 0 Å². The summed E-state index contributed by atoms with van der Waals surface area (Å²) >= 11 is 0. The van der Waals surface area contributed by atoms with E-state index >= 15 is 0 Å². The molecule has 0 spiro atoms. The Balaban J connectivity index is 1.72. The van der Waals surface area contributed by atoms with Crippen molar-refractivity contribution >= 4 is 0 Å². The highest BCUT2D eigenvalue weighted by molar-refractivity contribution is 4.96. The van der Waals surface area contributed by atoms with Gasteiger partial charge in [0, 0.05) is 0 Å². The van der Waals surface area contributed by atoms with E-state index in [4.69, 9.17) is 23.7 Å². The van der Waals surface area contributed by atoms with Crippen LogP contribution in [0.25, 0.3) is 0 Å². The van der Waals surface area contributed by atoms with Gasteiger partial charge in [-0.1, -0.05) is 0 Å². The van der Waals surface area contributed by atoms with Crippen LogP contribution in [0.4, 0.5) is 0 Å². The molecule has 0 aromatic carbocycles. The lowest BCUT2D eigenvalue weighted by Gasteiger charge is -2.47. The van der Waals surface area contributed by atoms with E-state index in [0.29, 0.717) is 0 Å². The Labute approximate surface area is 192 Å². The minimum atomic E-state index is -1.93. The molecular formula is C18H32O16. The second-order valence-electron chi connectivity index (χ2n) is 8.33. The lowest BCUT2D eigenvalue weighted by molar-refractivity contribution is -0.378. The van der Waals surface area contributed by atoms with Gasteiger partial charge in [-0.25, -0.2) is 0 Å². The van der Waals surface area contributed by atoms with Crippen molar-refractivity contribution in [3.05, 3.63) is 0 Å². The first-order chi connectivity index (χ1) is 16.0. The van der Waals surface area contributed by atoms with E-state index in [1.807, 2.05) is 0 Å². The van der Waals surface area contributed by atoms with Gasteiger partial charge in [0.05, 0.1) is 19.8 Å². The van der Waals surface area contributed by atoms with Gasteiger partial charge in [-0.15, -0.1) is 0 Å². The zero-order chi connectivity index (χ0) is 25.3. The summed E-state index contributed by atoms with van der Waals surface area (Å²) in [6, 6.07) is 0. The summed E-state index contributed by atoms with van der Waals surface area (Å²) in [5.41, 5.74) is 0. The Morgan fingerprint density at radius 2 is 0.912 bits per heavy atom. The Morgan fingerprint density at radius 3 is 1.47 bits per heavy atom. The van der Waals surface area contributed by atoms with Gasteiger partial charge in [-0.3, -0.25) is 0 Å². The Bertz CT molecular complexity index is 637. The summed E-state index contributed by atoms with van der Waals surface area (Å²) in [6.45, 7) is -2.31. The van der Waals surface area contributed by atoms with Gasteiger partial charge in [0.15, 0.2) is 18.9 Å². The van der Waals surface area contributed by atoms with E-state index in [1.54, 1.807) is 0 Å². The summed E-state index contributed by atoms with van der Waals surface area (Å²) < 4.78 is 26.2. The highest BCUT2D eigenvalue weighted by Crippen LogP contribution is 2.32. The monoisotopic (exact) mass is 504 g/mol. The van der Waals surface area contributed by atoms with Crippen LogP contribution in [-0.2, 0) is 23.7 Å². The highest BCUT2D eigenvalue weighted by Gasteiger charge is 2.53. The van der Waals surface area contributed by atoms with Gasteiger partial charge in [-0.05, 0) is 0 Å². The van der Waals surface area contributed by atoms with Crippen LogP contribution >= 0.6 is 0 Å². The van der Waals surface area contributed by atoms with Gasteiger partial charge in [0.25, 0.3) is 0 Å². The second kappa shape index (κ2) is 11.6. The summed E-state index contributed by atoms with van der Waals surface area (Å²) in [4.78, 5) is 0. The minimum Gasteiger partial charge on any atom is -0.394 e. The molecule has 3 fully saturated rings. The maximum Gasteiger partial charge on any atom is 0.187 e. The number of aliphatic hydroxyl groups is 11. The number of ether oxygens (including phenoxy) is 5. The maximum absolute atomic E-state index is 10.6. The fourth-order valence-corrected chi connectivity index (χ4v) is 4.05. The molecule has 3 saturated heterocycles. The molecule has 0 aromatic rings. The zero-order valence-corrected chi connectivity index (χ0v) is 17.7. The molecule has 0 radical (unpaired) electrons. The van der Waals surface area contributed by atoms with Gasteiger partial charge < -0.3 is 79.9 Å². The number of aliphatic hydroxyl groups excluding tert-OH is 11. The number of rotatable bonds is 7. The third-order valence-electron chi connectivity index (χ3n) is 6.09. The predicted octanol–water partition coefficient (Wildman–Crippen LogP) is -7.57. The van der Waals surface area contributed by atoms with E-state index in [1.165, 1.54) is 0 Å². The average molecular weight is 504 g/mol. The van der Waals surface area contributed by atoms with E-state index in [-0.39, 0.29) is 0 Å². The zero-order valence-electron chi connectivity index (χ0n) is 17.7. The molecule has 0 saturated carbocycles. The number of hydrogen-bond donors (Lipinski definition) is 11.